The predicted molar refractivity (Wildman–Crippen MR) is 19.9 cm³/mol. The van der Waals surface area contributed by atoms with E-state index in [4.69, 9.17) is 10.2 Å². The van der Waals surface area contributed by atoms with Gasteiger partial charge >= 0.3 is 17.4 Å². The monoisotopic (exact) mass is 194 g/mol. The van der Waals surface area contributed by atoms with Crippen LogP contribution in [0.1, 0.15) is 0 Å². The number of halogens is 3. The summed E-state index contributed by atoms with van der Waals surface area (Å²) in [5, 5.41) is 15.2. The molecule has 2 N–H and O–H groups in total. The summed E-state index contributed by atoms with van der Waals surface area (Å²) in [4.78, 5) is 0. The molecule has 0 atom stereocenters. The largest absolute Gasteiger partial charge is 3.00 e. The van der Waals surface area contributed by atoms with Crippen molar-refractivity contribution in [3.05, 3.63) is 0 Å². The van der Waals surface area contributed by atoms with Gasteiger partial charge in [-0.2, -0.15) is 0 Å². The quantitative estimate of drug-likeness (QED) is 0.408. The van der Waals surface area contributed by atoms with Gasteiger partial charge in [-0.05, 0) is 0 Å². The third kappa shape index (κ3) is 54.3. The standard InChI is InChI=1S/C2H6O2.Al.3ClH/c3-1-2-4;;;;/h3-4H,1-2H2;;3*1H/q;+3;;;/p-3. The van der Waals surface area contributed by atoms with Crippen LogP contribution in [0.3, 0.4) is 0 Å². The summed E-state index contributed by atoms with van der Waals surface area (Å²) in [6.45, 7) is -0.250. The summed E-state index contributed by atoms with van der Waals surface area (Å²) in [5.41, 5.74) is 0. The average Bonchev–Trinajstić information content (AvgIpc) is 1.37. The molecule has 0 amide bonds. The number of aliphatic hydroxyl groups excluding tert-OH is 2. The normalized spacial score (nSPS) is 3.75. The second-order valence-corrected chi connectivity index (χ2v) is 0.447. The molecular weight excluding hydrogens is 189 g/mol. The fourth-order valence-corrected chi connectivity index (χ4v) is 0. The molecular formula is C2H6AlCl3O2. The Kier molecular flexibility index (Phi) is 175. The number of hydrogen-bond donors (Lipinski definition) is 2. The van der Waals surface area contributed by atoms with Crippen molar-refractivity contribution in [2.24, 2.45) is 0 Å². The molecule has 8 heavy (non-hydrogen) atoms. The molecule has 0 aromatic rings. The van der Waals surface area contributed by atoms with Gasteiger partial charge in [0.05, 0.1) is 13.2 Å². The van der Waals surface area contributed by atoms with Gasteiger partial charge in [0.15, 0.2) is 0 Å². The van der Waals surface area contributed by atoms with Crippen molar-refractivity contribution >= 4 is 17.4 Å². The first-order valence-electron chi connectivity index (χ1n) is 1.13. The van der Waals surface area contributed by atoms with E-state index in [0.29, 0.717) is 0 Å². The molecule has 6 heteroatoms. The molecule has 0 heterocycles. The van der Waals surface area contributed by atoms with Crippen molar-refractivity contribution in [1.82, 2.24) is 0 Å². The van der Waals surface area contributed by atoms with Crippen LogP contribution in [-0.2, 0) is 0 Å². The molecule has 0 aliphatic heterocycles. The van der Waals surface area contributed by atoms with Crippen LogP contribution in [0.5, 0.6) is 0 Å². The van der Waals surface area contributed by atoms with Gasteiger partial charge in [-0.3, -0.25) is 0 Å². The minimum atomic E-state index is -0.125. The summed E-state index contributed by atoms with van der Waals surface area (Å²) in [6, 6.07) is 0. The van der Waals surface area contributed by atoms with Crippen molar-refractivity contribution in [2.45, 2.75) is 0 Å². The number of hydrogen-bond acceptors (Lipinski definition) is 2. The smallest absolute Gasteiger partial charge is 1.00 e. The summed E-state index contributed by atoms with van der Waals surface area (Å²) in [5.74, 6) is 0. The van der Waals surface area contributed by atoms with Gasteiger partial charge in [0.25, 0.3) is 0 Å². The van der Waals surface area contributed by atoms with Gasteiger partial charge in [-0.25, -0.2) is 0 Å². The Labute approximate surface area is 78.0 Å². The van der Waals surface area contributed by atoms with Crippen LogP contribution < -0.4 is 37.2 Å². The van der Waals surface area contributed by atoms with Crippen LogP contribution in [0.25, 0.3) is 0 Å². The summed E-state index contributed by atoms with van der Waals surface area (Å²) < 4.78 is 0. The molecule has 0 radical (unpaired) electrons. The third-order valence-electron chi connectivity index (χ3n) is 0.1000. The second kappa shape index (κ2) is 40.4. The SMILES string of the molecule is OCCO.[Al+3].[Cl-].[Cl-].[Cl-]. The van der Waals surface area contributed by atoms with E-state index < -0.39 is 0 Å². The number of aliphatic hydroxyl groups is 2. The van der Waals surface area contributed by atoms with Gasteiger partial charge in [0.2, 0.25) is 0 Å². The maximum absolute atomic E-state index is 7.62. The molecule has 0 saturated heterocycles. The zero-order chi connectivity index (χ0) is 3.41. The fraction of sp³-hybridized carbons (Fsp3) is 1.00. The summed E-state index contributed by atoms with van der Waals surface area (Å²) >= 11 is 0. The molecule has 0 fully saturated rings. The van der Waals surface area contributed by atoms with E-state index in [1.54, 1.807) is 0 Å². The van der Waals surface area contributed by atoms with E-state index in [0.717, 1.165) is 0 Å². The maximum Gasteiger partial charge on any atom is 3.00 e. The van der Waals surface area contributed by atoms with Crippen LogP contribution >= 0.6 is 0 Å². The Morgan fingerprint density at radius 2 is 0.875 bits per heavy atom. The Morgan fingerprint density at radius 3 is 0.875 bits per heavy atom. The van der Waals surface area contributed by atoms with Crippen LogP contribution in [-0.4, -0.2) is 40.8 Å². The molecule has 2 nitrogen and oxygen atoms in total. The first kappa shape index (κ1) is 34.6. The zero-order valence-electron chi connectivity index (χ0n) is 4.02. The topological polar surface area (TPSA) is 40.5 Å². The molecule has 0 aliphatic rings. The minimum Gasteiger partial charge on any atom is -1.00 e. The Balaban J connectivity index is -0.00000000750. The van der Waals surface area contributed by atoms with Crippen molar-refractivity contribution in [3.63, 3.8) is 0 Å². The predicted octanol–water partition coefficient (Wildman–Crippen LogP) is -10.4. The maximum atomic E-state index is 7.62. The number of rotatable bonds is 1. The molecule has 0 aliphatic carbocycles. The van der Waals surface area contributed by atoms with Gasteiger partial charge in [-0.15, -0.1) is 0 Å². The molecule has 0 spiro atoms. The van der Waals surface area contributed by atoms with Crippen LogP contribution in [0.4, 0.5) is 0 Å². The van der Waals surface area contributed by atoms with E-state index in [1.807, 2.05) is 0 Å². The third-order valence-corrected chi connectivity index (χ3v) is 0.1000. The summed E-state index contributed by atoms with van der Waals surface area (Å²) in [7, 11) is 0. The molecule has 0 saturated carbocycles. The Morgan fingerprint density at radius 1 is 0.750 bits per heavy atom. The van der Waals surface area contributed by atoms with Crippen LogP contribution in [0, 0.1) is 0 Å². The zero-order valence-corrected chi connectivity index (χ0v) is 7.44. The Bertz CT molecular complexity index is 17.2. The molecule has 0 aromatic carbocycles. The van der Waals surface area contributed by atoms with Gasteiger partial charge in [0.1, 0.15) is 0 Å². The van der Waals surface area contributed by atoms with Gasteiger partial charge in [0, 0.05) is 0 Å². The van der Waals surface area contributed by atoms with Crippen molar-refractivity contribution in [2.75, 3.05) is 13.2 Å². The average molecular weight is 195 g/mol. The van der Waals surface area contributed by atoms with E-state index in [9.17, 15) is 0 Å². The second-order valence-electron chi connectivity index (χ2n) is 0.447. The van der Waals surface area contributed by atoms with E-state index in [1.165, 1.54) is 0 Å². The first-order valence-corrected chi connectivity index (χ1v) is 1.13. The Hall–Kier alpha value is 1.32. The van der Waals surface area contributed by atoms with Crippen molar-refractivity contribution in [3.8, 4) is 0 Å². The van der Waals surface area contributed by atoms with Crippen LogP contribution in [0.2, 0.25) is 0 Å². The molecule has 0 aromatic heterocycles. The molecule has 0 bridgehead atoms. The van der Waals surface area contributed by atoms with E-state index >= 15 is 0 Å². The van der Waals surface area contributed by atoms with E-state index in [-0.39, 0.29) is 67.8 Å². The fourth-order valence-electron chi connectivity index (χ4n) is 0. The van der Waals surface area contributed by atoms with Crippen LogP contribution in [0.15, 0.2) is 0 Å². The minimum absolute atomic E-state index is 0. The van der Waals surface area contributed by atoms with E-state index in [2.05, 4.69) is 0 Å². The summed E-state index contributed by atoms with van der Waals surface area (Å²) in [6.07, 6.45) is 0. The molecule has 50 valence electrons. The van der Waals surface area contributed by atoms with Gasteiger partial charge in [-0.1, -0.05) is 0 Å². The van der Waals surface area contributed by atoms with Gasteiger partial charge < -0.3 is 47.4 Å². The first-order chi connectivity index (χ1) is 1.91. The van der Waals surface area contributed by atoms with Crippen molar-refractivity contribution < 1.29 is 47.4 Å². The van der Waals surface area contributed by atoms with Crippen molar-refractivity contribution in [1.29, 1.82) is 0 Å². The molecule has 0 unspecified atom stereocenters. The molecule has 0 rings (SSSR count).